The molecule has 1 heterocycles. The molecule has 2 rings (SSSR count). The van der Waals surface area contributed by atoms with Crippen LogP contribution in [0.3, 0.4) is 0 Å². The number of alkyl halides is 4. The molecule has 2 nitrogen and oxygen atoms in total. The molecule has 0 amide bonds. The highest BCUT2D eigenvalue weighted by Crippen LogP contribution is 2.32. The highest BCUT2D eigenvalue weighted by molar-refractivity contribution is 14.1. The minimum absolute atomic E-state index is 0.0864. The van der Waals surface area contributed by atoms with E-state index in [4.69, 9.17) is 0 Å². The topological polar surface area (TPSA) is 6.48 Å². The monoisotopic (exact) mass is 400 g/mol. The molecule has 0 saturated carbocycles. The van der Waals surface area contributed by atoms with Crippen molar-refractivity contribution in [1.29, 1.82) is 0 Å². The summed E-state index contributed by atoms with van der Waals surface area (Å²) in [6.45, 7) is 5.39. The maximum absolute atomic E-state index is 13.0. The SMILES string of the molecule is CC1=CC(C(F)(F)F)=C[C@@H](N2CCN(CI)CC2)CC1. The van der Waals surface area contributed by atoms with Crippen LogP contribution in [0.15, 0.2) is 23.3 Å². The van der Waals surface area contributed by atoms with Crippen LogP contribution in [-0.4, -0.2) is 52.7 Å². The number of hydrogen-bond acceptors (Lipinski definition) is 2. The third-order valence-electron chi connectivity index (χ3n) is 3.98. The van der Waals surface area contributed by atoms with Gasteiger partial charge in [0.2, 0.25) is 0 Å². The first-order valence-corrected chi connectivity index (χ1v) is 8.41. The first-order chi connectivity index (χ1) is 9.40. The molecule has 1 saturated heterocycles. The van der Waals surface area contributed by atoms with Crippen molar-refractivity contribution in [3.05, 3.63) is 23.3 Å². The lowest BCUT2D eigenvalue weighted by Crippen LogP contribution is -2.49. The van der Waals surface area contributed by atoms with Crippen molar-refractivity contribution in [2.24, 2.45) is 0 Å². The molecule has 0 spiro atoms. The molecule has 1 aliphatic heterocycles. The smallest absolute Gasteiger partial charge is 0.294 e. The number of rotatable bonds is 2. The van der Waals surface area contributed by atoms with Gasteiger partial charge < -0.3 is 0 Å². The van der Waals surface area contributed by atoms with Crippen molar-refractivity contribution in [2.45, 2.75) is 32.0 Å². The summed E-state index contributed by atoms with van der Waals surface area (Å²) in [6, 6.07) is -0.0864. The third-order valence-corrected chi connectivity index (χ3v) is 4.95. The number of nitrogens with zero attached hydrogens (tertiary/aromatic N) is 2. The van der Waals surface area contributed by atoms with E-state index in [1.165, 1.54) is 12.2 Å². The fourth-order valence-corrected chi connectivity index (χ4v) is 3.41. The first kappa shape index (κ1) is 16.3. The van der Waals surface area contributed by atoms with Crippen LogP contribution >= 0.6 is 22.6 Å². The molecule has 2 aliphatic rings. The van der Waals surface area contributed by atoms with Crippen LogP contribution in [0.1, 0.15) is 19.8 Å². The van der Waals surface area contributed by atoms with E-state index >= 15 is 0 Å². The van der Waals surface area contributed by atoms with Gasteiger partial charge in [0.15, 0.2) is 0 Å². The van der Waals surface area contributed by atoms with E-state index in [0.717, 1.165) is 49.1 Å². The number of allylic oxidation sites excluding steroid dienone is 3. The first-order valence-electron chi connectivity index (χ1n) is 6.88. The van der Waals surface area contributed by atoms with Crippen LogP contribution in [0.25, 0.3) is 0 Å². The van der Waals surface area contributed by atoms with Crippen molar-refractivity contribution >= 4 is 22.6 Å². The van der Waals surface area contributed by atoms with E-state index in [2.05, 4.69) is 32.4 Å². The second kappa shape index (κ2) is 6.79. The Balaban J connectivity index is 2.09. The highest BCUT2D eigenvalue weighted by Gasteiger charge is 2.35. The Morgan fingerprint density at radius 2 is 1.90 bits per heavy atom. The lowest BCUT2D eigenvalue weighted by atomic mass is 10.1. The Bertz CT molecular complexity index is 396. The van der Waals surface area contributed by atoms with Gasteiger partial charge in [-0.15, -0.1) is 0 Å². The van der Waals surface area contributed by atoms with Crippen LogP contribution in [0.2, 0.25) is 0 Å². The molecule has 0 bridgehead atoms. The third kappa shape index (κ3) is 4.21. The Morgan fingerprint density at radius 3 is 2.45 bits per heavy atom. The molecule has 0 aromatic rings. The van der Waals surface area contributed by atoms with Crippen LogP contribution in [-0.2, 0) is 0 Å². The summed E-state index contributed by atoms with van der Waals surface area (Å²) >= 11 is 2.33. The Labute approximate surface area is 131 Å². The summed E-state index contributed by atoms with van der Waals surface area (Å²) in [6.07, 6.45) is 0.0184. The summed E-state index contributed by atoms with van der Waals surface area (Å²) in [5.74, 6) is 0. The zero-order chi connectivity index (χ0) is 14.8. The summed E-state index contributed by atoms with van der Waals surface area (Å²) in [5, 5.41) is 0. The second-order valence-corrected chi connectivity index (χ2v) is 6.17. The molecule has 0 radical (unpaired) electrons. The van der Waals surface area contributed by atoms with E-state index in [1.54, 1.807) is 6.92 Å². The second-order valence-electron chi connectivity index (χ2n) is 5.49. The lowest BCUT2D eigenvalue weighted by Gasteiger charge is -2.37. The normalized spacial score (nSPS) is 26.9. The lowest BCUT2D eigenvalue weighted by molar-refractivity contribution is -0.0888. The minimum atomic E-state index is -4.24. The van der Waals surface area contributed by atoms with Gasteiger partial charge in [-0.05, 0) is 19.8 Å². The predicted molar refractivity (Wildman–Crippen MR) is 83.0 cm³/mol. The fraction of sp³-hybridized carbons (Fsp3) is 0.714. The van der Waals surface area contributed by atoms with Gasteiger partial charge in [-0.2, -0.15) is 13.2 Å². The van der Waals surface area contributed by atoms with Gasteiger partial charge in [0.1, 0.15) is 0 Å². The van der Waals surface area contributed by atoms with Gasteiger partial charge in [0.25, 0.3) is 0 Å². The summed E-state index contributed by atoms with van der Waals surface area (Å²) in [4.78, 5) is 4.52. The van der Waals surface area contributed by atoms with E-state index in [9.17, 15) is 13.2 Å². The van der Waals surface area contributed by atoms with Crippen LogP contribution < -0.4 is 0 Å². The van der Waals surface area contributed by atoms with Gasteiger partial charge in [-0.25, -0.2) is 0 Å². The molecule has 0 aromatic heterocycles. The average molecular weight is 400 g/mol. The largest absolute Gasteiger partial charge is 0.416 e. The van der Waals surface area contributed by atoms with E-state index < -0.39 is 11.7 Å². The molecule has 1 atom stereocenters. The molecule has 20 heavy (non-hydrogen) atoms. The predicted octanol–water partition coefficient (Wildman–Crippen LogP) is 3.59. The highest BCUT2D eigenvalue weighted by atomic mass is 127. The van der Waals surface area contributed by atoms with Crippen LogP contribution in [0.5, 0.6) is 0 Å². The van der Waals surface area contributed by atoms with Gasteiger partial charge in [0.05, 0.1) is 10.1 Å². The Hall–Kier alpha value is -0.0800. The van der Waals surface area contributed by atoms with Crippen LogP contribution in [0.4, 0.5) is 13.2 Å². The molecule has 0 N–H and O–H groups in total. The average Bonchev–Trinajstić information content (AvgIpc) is 2.60. The molecule has 0 aromatic carbocycles. The maximum Gasteiger partial charge on any atom is 0.416 e. The summed E-state index contributed by atoms with van der Waals surface area (Å²) in [5.41, 5.74) is 0.343. The molecule has 0 unspecified atom stereocenters. The minimum Gasteiger partial charge on any atom is -0.294 e. The molecular weight excluding hydrogens is 380 g/mol. The van der Waals surface area contributed by atoms with Crippen molar-refractivity contribution < 1.29 is 13.2 Å². The molecule has 1 fully saturated rings. The van der Waals surface area contributed by atoms with Gasteiger partial charge in [0, 0.05) is 32.2 Å². The molecule has 6 heteroatoms. The van der Waals surface area contributed by atoms with Crippen molar-refractivity contribution in [2.75, 3.05) is 30.7 Å². The maximum atomic E-state index is 13.0. The fourth-order valence-electron chi connectivity index (χ4n) is 2.73. The Morgan fingerprint density at radius 1 is 1.25 bits per heavy atom. The quantitative estimate of drug-likeness (QED) is 0.397. The standard InChI is InChI=1S/C14H20F3IN2/c1-11-2-3-13(9-12(8-11)14(15,16)17)20-6-4-19(10-18)5-7-20/h8-9,13H,2-7,10H2,1H3/t13-/m0/s1. The van der Waals surface area contributed by atoms with Crippen molar-refractivity contribution in [3.8, 4) is 0 Å². The van der Waals surface area contributed by atoms with E-state index in [1.807, 2.05) is 0 Å². The number of piperazine rings is 1. The van der Waals surface area contributed by atoms with Crippen LogP contribution in [0, 0.1) is 0 Å². The molecular formula is C14H20F3IN2. The van der Waals surface area contributed by atoms with Gasteiger partial charge in [-0.3, -0.25) is 9.80 Å². The Kier molecular flexibility index (Phi) is 5.53. The van der Waals surface area contributed by atoms with E-state index in [0.29, 0.717) is 0 Å². The van der Waals surface area contributed by atoms with Crippen molar-refractivity contribution in [3.63, 3.8) is 0 Å². The molecule has 1 aliphatic carbocycles. The summed E-state index contributed by atoms with van der Waals surface area (Å²) < 4.78 is 40.0. The number of halogens is 4. The molecule has 114 valence electrons. The van der Waals surface area contributed by atoms with Gasteiger partial charge in [-0.1, -0.05) is 40.3 Å². The zero-order valence-corrected chi connectivity index (χ0v) is 13.7. The van der Waals surface area contributed by atoms with Gasteiger partial charge >= 0.3 is 6.18 Å². The van der Waals surface area contributed by atoms with E-state index in [-0.39, 0.29) is 6.04 Å². The van der Waals surface area contributed by atoms with Crippen molar-refractivity contribution in [1.82, 2.24) is 9.80 Å². The summed E-state index contributed by atoms with van der Waals surface area (Å²) in [7, 11) is 0. The zero-order valence-electron chi connectivity index (χ0n) is 11.6. The number of hydrogen-bond donors (Lipinski definition) is 0.